The molecule has 0 atom stereocenters. The minimum Gasteiger partial charge on any atom is -0.348 e. The smallest absolute Gasteiger partial charge is 0.263 e. The van der Waals surface area contributed by atoms with Crippen molar-refractivity contribution in [3.05, 3.63) is 64.7 Å². The molecule has 3 N–H and O–H groups in total. The molecule has 3 rings (SSSR count). The number of aromatic amines is 1. The Balaban J connectivity index is 1.54. The van der Waals surface area contributed by atoms with Gasteiger partial charge in [-0.3, -0.25) is 0 Å². The van der Waals surface area contributed by atoms with E-state index in [-0.39, 0.29) is 4.90 Å². The van der Waals surface area contributed by atoms with Crippen molar-refractivity contribution in [2.75, 3.05) is 11.9 Å². The van der Waals surface area contributed by atoms with Gasteiger partial charge in [-0.2, -0.15) is 5.21 Å². The van der Waals surface area contributed by atoms with Crippen LogP contribution in [0.2, 0.25) is 5.02 Å². The minimum absolute atomic E-state index is 0.194. The molecule has 136 valence electrons. The molecule has 10 heteroatoms. The van der Waals surface area contributed by atoms with Gasteiger partial charge in [0.1, 0.15) is 0 Å². The zero-order valence-corrected chi connectivity index (χ0v) is 15.3. The largest absolute Gasteiger partial charge is 0.348 e. The van der Waals surface area contributed by atoms with Gasteiger partial charge in [0.25, 0.3) is 5.95 Å². The predicted molar refractivity (Wildman–Crippen MR) is 98.3 cm³/mol. The molecule has 1 heterocycles. The number of aromatic nitrogens is 4. The Kier molecular flexibility index (Phi) is 5.82. The molecule has 0 unspecified atom stereocenters. The zero-order valence-electron chi connectivity index (χ0n) is 13.7. The molecule has 26 heavy (non-hydrogen) atoms. The van der Waals surface area contributed by atoms with Crippen molar-refractivity contribution >= 4 is 27.6 Å². The second-order valence-corrected chi connectivity index (χ2v) is 7.71. The van der Waals surface area contributed by atoms with Gasteiger partial charge < -0.3 is 5.32 Å². The van der Waals surface area contributed by atoms with E-state index in [9.17, 15) is 8.42 Å². The van der Waals surface area contributed by atoms with Crippen LogP contribution < -0.4 is 10.0 Å². The predicted octanol–water partition coefficient (Wildman–Crippen LogP) is 1.99. The first-order valence-electron chi connectivity index (χ1n) is 7.83. The van der Waals surface area contributed by atoms with Crippen LogP contribution in [0.1, 0.15) is 11.1 Å². The third-order valence-corrected chi connectivity index (χ3v) is 5.35. The van der Waals surface area contributed by atoms with Crippen LogP contribution in [0.5, 0.6) is 0 Å². The number of tetrazole rings is 1. The standard InChI is InChI=1S/C16H17ClN6O2S/c17-14-4-6-15(7-5-14)26(24,25)19-9-8-12-2-1-3-13(10-12)11-18-16-20-22-23-21-16/h1-7,10,19H,8-9,11H2,(H2,18,20,21,22,23). The quantitative estimate of drug-likeness (QED) is 0.540. The Bertz CT molecular complexity index is 945. The molecule has 1 aromatic heterocycles. The molecule has 2 aromatic carbocycles. The van der Waals surface area contributed by atoms with E-state index in [1.807, 2.05) is 24.3 Å². The number of anilines is 1. The molecule has 3 aromatic rings. The molecule has 0 radical (unpaired) electrons. The maximum Gasteiger partial charge on any atom is 0.263 e. The second-order valence-electron chi connectivity index (χ2n) is 5.51. The number of H-pyrrole nitrogens is 1. The summed E-state index contributed by atoms with van der Waals surface area (Å²) in [4.78, 5) is 0.194. The van der Waals surface area contributed by atoms with Crippen LogP contribution in [0.4, 0.5) is 5.95 Å². The molecule has 8 nitrogen and oxygen atoms in total. The summed E-state index contributed by atoms with van der Waals surface area (Å²) in [7, 11) is -3.55. The number of halogens is 1. The van der Waals surface area contributed by atoms with Crippen molar-refractivity contribution in [2.45, 2.75) is 17.9 Å². The summed E-state index contributed by atoms with van der Waals surface area (Å²) in [5, 5.41) is 17.0. The average Bonchev–Trinajstić information content (AvgIpc) is 3.14. The molecule has 0 saturated heterocycles. The highest BCUT2D eigenvalue weighted by Crippen LogP contribution is 2.14. The summed E-state index contributed by atoms with van der Waals surface area (Å²) in [5.41, 5.74) is 2.06. The van der Waals surface area contributed by atoms with Gasteiger partial charge in [-0.15, -0.1) is 5.10 Å². The Hall–Kier alpha value is -2.49. The maximum atomic E-state index is 12.2. The number of hydrogen-bond donors (Lipinski definition) is 3. The van der Waals surface area contributed by atoms with E-state index in [0.29, 0.717) is 30.5 Å². The lowest BCUT2D eigenvalue weighted by molar-refractivity contribution is 0.581. The molecule has 0 amide bonds. The Morgan fingerprint density at radius 2 is 1.85 bits per heavy atom. The molecule has 0 aliphatic heterocycles. The normalized spacial score (nSPS) is 11.4. The van der Waals surface area contributed by atoms with Gasteiger partial charge in [0, 0.05) is 18.1 Å². The molecule has 0 aliphatic carbocycles. The second kappa shape index (κ2) is 8.26. The number of nitrogens with zero attached hydrogens (tertiary/aromatic N) is 3. The Labute approximate surface area is 156 Å². The summed E-state index contributed by atoms with van der Waals surface area (Å²) >= 11 is 5.79. The Morgan fingerprint density at radius 1 is 1.08 bits per heavy atom. The zero-order chi connectivity index (χ0) is 18.4. The topological polar surface area (TPSA) is 113 Å². The maximum absolute atomic E-state index is 12.2. The molecule has 0 aliphatic rings. The minimum atomic E-state index is -3.55. The number of sulfonamides is 1. The fourth-order valence-electron chi connectivity index (χ4n) is 2.34. The molecular formula is C16H17ClN6O2S. The van der Waals surface area contributed by atoms with E-state index in [4.69, 9.17) is 11.6 Å². The van der Waals surface area contributed by atoms with E-state index in [1.54, 1.807) is 12.1 Å². The van der Waals surface area contributed by atoms with Crippen LogP contribution in [0.25, 0.3) is 0 Å². The van der Waals surface area contributed by atoms with Crippen molar-refractivity contribution in [1.29, 1.82) is 0 Å². The van der Waals surface area contributed by atoms with E-state index in [2.05, 4.69) is 30.7 Å². The molecule has 0 saturated carbocycles. The highest BCUT2D eigenvalue weighted by atomic mass is 35.5. The van der Waals surface area contributed by atoms with Gasteiger partial charge in [0.15, 0.2) is 0 Å². The van der Waals surface area contributed by atoms with E-state index >= 15 is 0 Å². The van der Waals surface area contributed by atoms with Crippen molar-refractivity contribution in [2.24, 2.45) is 0 Å². The fraction of sp³-hybridized carbons (Fsp3) is 0.188. The molecule has 0 spiro atoms. The first kappa shape index (κ1) is 18.3. The van der Waals surface area contributed by atoms with Crippen LogP contribution in [0, 0.1) is 0 Å². The fourth-order valence-corrected chi connectivity index (χ4v) is 3.50. The van der Waals surface area contributed by atoms with Gasteiger partial charge in [-0.05, 0) is 47.0 Å². The summed E-state index contributed by atoms with van der Waals surface area (Å²) < 4.78 is 27.1. The van der Waals surface area contributed by atoms with Crippen molar-refractivity contribution < 1.29 is 8.42 Å². The third-order valence-electron chi connectivity index (χ3n) is 3.62. The Morgan fingerprint density at radius 3 is 2.58 bits per heavy atom. The van der Waals surface area contributed by atoms with Crippen molar-refractivity contribution in [1.82, 2.24) is 25.3 Å². The number of nitrogens with one attached hydrogen (secondary N) is 3. The first-order valence-corrected chi connectivity index (χ1v) is 9.69. The van der Waals surface area contributed by atoms with Gasteiger partial charge in [0.2, 0.25) is 10.0 Å². The van der Waals surface area contributed by atoms with Crippen LogP contribution in [-0.2, 0) is 23.0 Å². The van der Waals surface area contributed by atoms with Crippen LogP contribution >= 0.6 is 11.6 Å². The SMILES string of the molecule is O=S(=O)(NCCc1cccc(CNc2nn[nH]n2)c1)c1ccc(Cl)cc1. The average molecular weight is 393 g/mol. The highest BCUT2D eigenvalue weighted by molar-refractivity contribution is 7.89. The molecule has 0 fully saturated rings. The van der Waals surface area contributed by atoms with Crippen LogP contribution in [0.15, 0.2) is 53.4 Å². The van der Waals surface area contributed by atoms with Crippen molar-refractivity contribution in [3.63, 3.8) is 0 Å². The van der Waals surface area contributed by atoms with Gasteiger partial charge >= 0.3 is 0 Å². The lowest BCUT2D eigenvalue weighted by atomic mass is 10.1. The summed E-state index contributed by atoms with van der Waals surface area (Å²) in [6.07, 6.45) is 0.572. The summed E-state index contributed by atoms with van der Waals surface area (Å²) in [6.45, 7) is 0.844. The summed E-state index contributed by atoms with van der Waals surface area (Å²) in [5.74, 6) is 0.422. The van der Waals surface area contributed by atoms with Gasteiger partial charge in [0.05, 0.1) is 4.90 Å². The van der Waals surface area contributed by atoms with E-state index in [1.165, 1.54) is 12.1 Å². The first-order chi connectivity index (χ1) is 12.5. The van der Waals surface area contributed by atoms with Crippen LogP contribution in [0.3, 0.4) is 0 Å². The van der Waals surface area contributed by atoms with E-state index < -0.39 is 10.0 Å². The lowest BCUT2D eigenvalue weighted by Crippen LogP contribution is -2.26. The molecule has 0 bridgehead atoms. The van der Waals surface area contributed by atoms with Gasteiger partial charge in [-0.25, -0.2) is 13.1 Å². The number of hydrogen-bond acceptors (Lipinski definition) is 6. The lowest BCUT2D eigenvalue weighted by Gasteiger charge is -2.08. The summed E-state index contributed by atoms with van der Waals surface area (Å²) in [6, 6.07) is 13.9. The molecular weight excluding hydrogens is 376 g/mol. The number of benzene rings is 2. The number of rotatable bonds is 8. The monoisotopic (exact) mass is 392 g/mol. The van der Waals surface area contributed by atoms with Crippen molar-refractivity contribution in [3.8, 4) is 0 Å². The van der Waals surface area contributed by atoms with E-state index in [0.717, 1.165) is 11.1 Å². The van der Waals surface area contributed by atoms with Crippen LogP contribution in [-0.4, -0.2) is 35.6 Å². The highest BCUT2D eigenvalue weighted by Gasteiger charge is 2.12. The van der Waals surface area contributed by atoms with Gasteiger partial charge in [-0.1, -0.05) is 41.0 Å². The third kappa shape index (κ3) is 5.01.